The van der Waals surface area contributed by atoms with Gasteiger partial charge in [-0.3, -0.25) is 9.59 Å². The first-order valence-corrected chi connectivity index (χ1v) is 10.0. The molecule has 1 unspecified atom stereocenters. The highest BCUT2D eigenvalue weighted by Gasteiger charge is 2.28. The average molecular weight is 426 g/mol. The van der Waals surface area contributed by atoms with Crippen molar-refractivity contribution in [3.8, 4) is 11.5 Å². The number of carbonyl (C=O) groups excluding carboxylic acids is 2. The van der Waals surface area contributed by atoms with Gasteiger partial charge in [-0.15, -0.1) is 12.4 Å². The molecule has 29 heavy (non-hydrogen) atoms. The molecular formula is C21H32ClN3O4. The molecule has 2 heterocycles. The maximum atomic E-state index is 12.7. The summed E-state index contributed by atoms with van der Waals surface area (Å²) < 4.78 is 10.6. The largest absolute Gasteiger partial charge is 0.493 e. The van der Waals surface area contributed by atoms with Crippen molar-refractivity contribution in [2.75, 3.05) is 40.4 Å². The monoisotopic (exact) mass is 425 g/mol. The van der Waals surface area contributed by atoms with Crippen LogP contribution >= 0.6 is 12.4 Å². The number of amides is 2. The molecule has 2 aliphatic heterocycles. The minimum absolute atomic E-state index is 0. The molecule has 1 aromatic rings. The van der Waals surface area contributed by atoms with Crippen molar-refractivity contribution < 1.29 is 19.1 Å². The van der Waals surface area contributed by atoms with Crippen LogP contribution in [0.5, 0.6) is 11.5 Å². The van der Waals surface area contributed by atoms with Crippen LogP contribution in [0.15, 0.2) is 18.2 Å². The van der Waals surface area contributed by atoms with Crippen LogP contribution in [0.4, 0.5) is 0 Å². The third kappa shape index (κ3) is 5.76. The van der Waals surface area contributed by atoms with Crippen LogP contribution in [-0.4, -0.2) is 62.0 Å². The maximum Gasteiger partial charge on any atom is 0.224 e. The predicted octanol–water partition coefficient (Wildman–Crippen LogP) is 2.38. The number of rotatable bonds is 7. The zero-order valence-electron chi connectivity index (χ0n) is 17.3. The molecule has 2 amide bonds. The molecule has 0 aliphatic carbocycles. The lowest BCUT2D eigenvalue weighted by Gasteiger charge is -2.34. The fraction of sp³-hybridized carbons (Fsp3) is 0.619. The maximum absolute atomic E-state index is 12.7. The van der Waals surface area contributed by atoms with Gasteiger partial charge in [0.2, 0.25) is 11.8 Å². The molecule has 0 aromatic heterocycles. The molecule has 0 saturated carbocycles. The van der Waals surface area contributed by atoms with E-state index in [1.165, 1.54) is 0 Å². The van der Waals surface area contributed by atoms with Gasteiger partial charge in [0.05, 0.1) is 14.2 Å². The Balaban J connectivity index is 0.00000300. The van der Waals surface area contributed by atoms with Crippen LogP contribution in [0.25, 0.3) is 0 Å². The molecule has 2 saturated heterocycles. The second kappa shape index (κ2) is 10.7. The van der Waals surface area contributed by atoms with Crippen molar-refractivity contribution in [2.24, 2.45) is 11.7 Å². The molecule has 3 rings (SSSR count). The summed E-state index contributed by atoms with van der Waals surface area (Å²) >= 11 is 0. The number of nitrogens with two attached hydrogens (primary N) is 1. The minimum atomic E-state index is -0.382. The molecular weight excluding hydrogens is 394 g/mol. The molecule has 2 aliphatic rings. The second-order valence-electron chi connectivity index (χ2n) is 7.69. The summed E-state index contributed by atoms with van der Waals surface area (Å²) in [5, 5.41) is 0. The molecule has 2 N–H and O–H groups in total. The first-order valence-electron chi connectivity index (χ1n) is 10.0. The quantitative estimate of drug-likeness (QED) is 0.724. The summed E-state index contributed by atoms with van der Waals surface area (Å²) in [5.74, 6) is 2.10. The number of ether oxygens (including phenoxy) is 2. The fourth-order valence-electron chi connectivity index (χ4n) is 4.09. The SMILES string of the molecule is COc1ccc(C(N)CC(=O)N2CCC(CN3CCCC3=O)CC2)cc1OC.Cl. The number of likely N-dealkylation sites (tertiary alicyclic amines) is 2. The Morgan fingerprint density at radius 2 is 1.86 bits per heavy atom. The van der Waals surface area contributed by atoms with Gasteiger partial charge in [0.1, 0.15) is 0 Å². The van der Waals surface area contributed by atoms with Gasteiger partial charge in [-0.1, -0.05) is 6.07 Å². The number of methoxy groups -OCH3 is 2. The van der Waals surface area contributed by atoms with E-state index in [9.17, 15) is 9.59 Å². The molecule has 7 nitrogen and oxygen atoms in total. The van der Waals surface area contributed by atoms with E-state index in [0.717, 1.165) is 51.0 Å². The van der Waals surface area contributed by atoms with Crippen molar-refractivity contribution in [1.29, 1.82) is 0 Å². The number of carbonyl (C=O) groups is 2. The molecule has 8 heteroatoms. The van der Waals surface area contributed by atoms with Crippen LogP contribution in [0.2, 0.25) is 0 Å². The third-order valence-corrected chi connectivity index (χ3v) is 5.85. The topological polar surface area (TPSA) is 85.1 Å². The highest BCUT2D eigenvalue weighted by molar-refractivity contribution is 5.85. The number of hydrogen-bond acceptors (Lipinski definition) is 5. The van der Waals surface area contributed by atoms with Crippen molar-refractivity contribution in [1.82, 2.24) is 9.80 Å². The molecule has 1 atom stereocenters. The van der Waals surface area contributed by atoms with E-state index in [0.29, 0.717) is 23.8 Å². The van der Waals surface area contributed by atoms with Gasteiger partial charge in [0, 0.05) is 45.1 Å². The van der Waals surface area contributed by atoms with Gasteiger partial charge in [-0.25, -0.2) is 0 Å². The van der Waals surface area contributed by atoms with Crippen molar-refractivity contribution in [3.05, 3.63) is 23.8 Å². The van der Waals surface area contributed by atoms with Crippen molar-refractivity contribution in [3.63, 3.8) is 0 Å². The Morgan fingerprint density at radius 1 is 1.17 bits per heavy atom. The fourth-order valence-corrected chi connectivity index (χ4v) is 4.09. The number of benzene rings is 1. The number of halogens is 1. The second-order valence-corrected chi connectivity index (χ2v) is 7.69. The molecule has 2 fully saturated rings. The Bertz CT molecular complexity index is 707. The number of piperidine rings is 1. The first-order chi connectivity index (χ1) is 13.5. The predicted molar refractivity (Wildman–Crippen MR) is 113 cm³/mol. The molecule has 162 valence electrons. The summed E-state index contributed by atoms with van der Waals surface area (Å²) in [6, 6.07) is 5.13. The van der Waals surface area contributed by atoms with E-state index in [1.54, 1.807) is 14.2 Å². The Labute approximate surface area is 178 Å². The standard InChI is InChI=1S/C21H31N3O4.ClH/c1-27-18-6-5-16(12-19(18)28-2)17(22)13-21(26)23-10-7-15(8-11-23)14-24-9-3-4-20(24)25;/h5-6,12,15,17H,3-4,7-11,13-14,22H2,1-2H3;1H. The molecule has 0 spiro atoms. The summed E-state index contributed by atoms with van der Waals surface area (Å²) in [7, 11) is 3.17. The lowest BCUT2D eigenvalue weighted by molar-refractivity contribution is -0.134. The van der Waals surface area contributed by atoms with Gasteiger partial charge >= 0.3 is 0 Å². The van der Waals surface area contributed by atoms with Crippen LogP contribution in [0, 0.1) is 5.92 Å². The molecule has 1 aromatic carbocycles. The summed E-state index contributed by atoms with van der Waals surface area (Å²) in [6.07, 6.45) is 3.82. The smallest absolute Gasteiger partial charge is 0.224 e. The lowest BCUT2D eigenvalue weighted by atomic mass is 9.95. The zero-order valence-corrected chi connectivity index (χ0v) is 18.1. The Hall–Kier alpha value is -1.99. The van der Waals surface area contributed by atoms with Crippen molar-refractivity contribution >= 4 is 24.2 Å². The van der Waals surface area contributed by atoms with Gasteiger partial charge in [-0.05, 0) is 42.9 Å². The van der Waals surface area contributed by atoms with E-state index in [2.05, 4.69) is 0 Å². The van der Waals surface area contributed by atoms with Crippen LogP contribution < -0.4 is 15.2 Å². The normalized spacial score (nSPS) is 18.4. The van der Waals surface area contributed by atoms with E-state index >= 15 is 0 Å². The molecule has 0 radical (unpaired) electrons. The third-order valence-electron chi connectivity index (χ3n) is 5.85. The highest BCUT2D eigenvalue weighted by atomic mass is 35.5. The Kier molecular flexibility index (Phi) is 8.59. The highest BCUT2D eigenvalue weighted by Crippen LogP contribution is 2.30. The van der Waals surface area contributed by atoms with Gasteiger partial charge < -0.3 is 25.0 Å². The van der Waals surface area contributed by atoms with E-state index in [-0.39, 0.29) is 36.7 Å². The van der Waals surface area contributed by atoms with Crippen LogP contribution in [0.1, 0.15) is 43.7 Å². The summed E-state index contributed by atoms with van der Waals surface area (Å²) in [4.78, 5) is 28.4. The Morgan fingerprint density at radius 3 is 2.45 bits per heavy atom. The summed E-state index contributed by atoms with van der Waals surface area (Å²) in [6.45, 7) is 3.21. The first kappa shape index (κ1) is 23.3. The zero-order chi connectivity index (χ0) is 20.1. The number of nitrogens with zero attached hydrogens (tertiary/aromatic N) is 2. The lowest BCUT2D eigenvalue weighted by Crippen LogP contribution is -2.42. The molecule has 0 bridgehead atoms. The average Bonchev–Trinajstić information content (AvgIpc) is 3.12. The van der Waals surface area contributed by atoms with Crippen LogP contribution in [-0.2, 0) is 9.59 Å². The summed E-state index contributed by atoms with van der Waals surface area (Å²) in [5.41, 5.74) is 7.14. The van der Waals surface area contributed by atoms with Gasteiger partial charge in [-0.2, -0.15) is 0 Å². The minimum Gasteiger partial charge on any atom is -0.493 e. The van der Waals surface area contributed by atoms with E-state index in [1.807, 2.05) is 28.0 Å². The van der Waals surface area contributed by atoms with E-state index < -0.39 is 0 Å². The van der Waals surface area contributed by atoms with Crippen molar-refractivity contribution in [2.45, 2.75) is 38.1 Å². The van der Waals surface area contributed by atoms with E-state index in [4.69, 9.17) is 15.2 Å². The van der Waals surface area contributed by atoms with Gasteiger partial charge in [0.15, 0.2) is 11.5 Å². The van der Waals surface area contributed by atoms with Crippen LogP contribution in [0.3, 0.4) is 0 Å². The number of hydrogen-bond donors (Lipinski definition) is 1. The van der Waals surface area contributed by atoms with Gasteiger partial charge in [0.25, 0.3) is 0 Å².